The number of imidazole rings is 1. The highest BCUT2D eigenvalue weighted by atomic mass is 32.2. The Bertz CT molecular complexity index is 544. The van der Waals surface area contributed by atoms with E-state index >= 15 is 0 Å². The third kappa shape index (κ3) is 1.88. The van der Waals surface area contributed by atoms with E-state index in [1.165, 1.54) is 12.8 Å². The number of pyridine rings is 1. The second kappa shape index (κ2) is 3.91. The second-order valence-corrected chi connectivity index (χ2v) is 5.90. The summed E-state index contributed by atoms with van der Waals surface area (Å²) in [5.41, 5.74) is 2.09. The first-order valence-corrected chi connectivity index (χ1v) is 7.02. The van der Waals surface area contributed by atoms with Gasteiger partial charge in [0.2, 0.25) is 0 Å². The quantitative estimate of drug-likeness (QED) is 0.901. The lowest BCUT2D eigenvalue weighted by Gasteiger charge is -2.13. The van der Waals surface area contributed by atoms with Gasteiger partial charge in [0.05, 0.1) is 11.8 Å². The molecule has 1 fully saturated rings. The Balaban J connectivity index is 1.85. The van der Waals surface area contributed by atoms with Gasteiger partial charge in [0.25, 0.3) is 0 Å². The van der Waals surface area contributed by atoms with E-state index in [0.29, 0.717) is 4.75 Å². The van der Waals surface area contributed by atoms with Crippen LogP contribution in [-0.4, -0.2) is 32.1 Å². The molecule has 0 unspecified atom stereocenters. The van der Waals surface area contributed by atoms with E-state index in [4.69, 9.17) is 0 Å². The fourth-order valence-electron chi connectivity index (χ4n) is 2.03. The summed E-state index contributed by atoms with van der Waals surface area (Å²) in [6.07, 6.45) is 8.46. The summed E-state index contributed by atoms with van der Waals surface area (Å²) in [5, 5.41) is 3.45. The van der Waals surface area contributed by atoms with Gasteiger partial charge >= 0.3 is 0 Å². The zero-order valence-electron chi connectivity index (χ0n) is 10.1. The number of hydrogen-bond acceptors (Lipinski definition) is 4. The number of anilines is 1. The van der Waals surface area contributed by atoms with Crippen LogP contribution in [-0.2, 0) is 7.05 Å². The average molecular weight is 248 g/mol. The normalized spacial score (nSPS) is 17.3. The molecule has 90 valence electrons. The molecule has 0 bridgehead atoms. The number of nitrogens with zero attached hydrogens (tertiary/aromatic N) is 3. The third-order valence-electron chi connectivity index (χ3n) is 3.46. The summed E-state index contributed by atoms with van der Waals surface area (Å²) >= 11 is 1.95. The fourth-order valence-corrected chi connectivity index (χ4v) is 2.76. The maximum absolute atomic E-state index is 4.40. The molecular formula is C12H16N4S. The Labute approximate surface area is 105 Å². The molecule has 0 saturated heterocycles. The molecular weight excluding hydrogens is 232 g/mol. The van der Waals surface area contributed by atoms with E-state index in [1.807, 2.05) is 42.0 Å². The van der Waals surface area contributed by atoms with E-state index < -0.39 is 0 Å². The van der Waals surface area contributed by atoms with Gasteiger partial charge in [-0.1, -0.05) is 0 Å². The monoisotopic (exact) mass is 248 g/mol. The Morgan fingerprint density at radius 1 is 1.47 bits per heavy atom. The predicted molar refractivity (Wildman–Crippen MR) is 72.5 cm³/mol. The first-order valence-electron chi connectivity index (χ1n) is 5.79. The molecule has 0 spiro atoms. The number of thioether (sulfide) groups is 1. The number of rotatable bonds is 4. The van der Waals surface area contributed by atoms with Crippen LogP contribution in [0.3, 0.4) is 0 Å². The molecule has 0 aromatic carbocycles. The van der Waals surface area contributed by atoms with Gasteiger partial charge in [-0.25, -0.2) is 9.97 Å². The lowest BCUT2D eigenvalue weighted by Crippen LogP contribution is -2.18. The highest BCUT2D eigenvalue weighted by Gasteiger charge is 2.41. The minimum absolute atomic E-state index is 0.443. The molecule has 1 saturated carbocycles. The molecule has 0 radical (unpaired) electrons. The topological polar surface area (TPSA) is 42.7 Å². The van der Waals surface area contributed by atoms with Crippen LogP contribution in [0.4, 0.5) is 5.82 Å². The molecule has 17 heavy (non-hydrogen) atoms. The first-order chi connectivity index (χ1) is 8.24. The van der Waals surface area contributed by atoms with Crippen LogP contribution >= 0.6 is 11.8 Å². The van der Waals surface area contributed by atoms with E-state index in [0.717, 1.165) is 23.4 Å². The maximum atomic E-state index is 4.40. The van der Waals surface area contributed by atoms with Gasteiger partial charge in [0.15, 0.2) is 5.82 Å². The summed E-state index contributed by atoms with van der Waals surface area (Å²) < 4.78 is 2.46. The molecule has 3 rings (SSSR count). The minimum Gasteiger partial charge on any atom is -0.367 e. The van der Waals surface area contributed by atoms with Gasteiger partial charge in [0, 0.05) is 24.5 Å². The average Bonchev–Trinajstić information content (AvgIpc) is 3.05. The Kier molecular flexibility index (Phi) is 2.50. The fraction of sp³-hybridized carbons (Fsp3) is 0.500. The van der Waals surface area contributed by atoms with Crippen LogP contribution < -0.4 is 5.32 Å². The van der Waals surface area contributed by atoms with Crippen molar-refractivity contribution >= 4 is 28.6 Å². The van der Waals surface area contributed by atoms with Gasteiger partial charge in [-0.3, -0.25) is 0 Å². The van der Waals surface area contributed by atoms with Crippen molar-refractivity contribution < 1.29 is 0 Å². The van der Waals surface area contributed by atoms with Crippen LogP contribution in [0.5, 0.6) is 0 Å². The van der Waals surface area contributed by atoms with Gasteiger partial charge in [0.1, 0.15) is 5.52 Å². The number of aromatic nitrogens is 3. The van der Waals surface area contributed by atoms with Crippen LogP contribution in [0.15, 0.2) is 18.6 Å². The lowest BCUT2D eigenvalue weighted by atomic mass is 10.3. The van der Waals surface area contributed by atoms with Gasteiger partial charge in [-0.2, -0.15) is 11.8 Å². The first kappa shape index (κ1) is 10.9. The molecule has 5 heteroatoms. The third-order valence-corrected chi connectivity index (χ3v) is 4.88. The van der Waals surface area contributed by atoms with E-state index in [1.54, 1.807) is 0 Å². The number of fused-ring (bicyclic) bond motifs is 1. The van der Waals surface area contributed by atoms with Crippen molar-refractivity contribution in [2.75, 3.05) is 18.1 Å². The number of hydrogen-bond donors (Lipinski definition) is 1. The summed E-state index contributed by atoms with van der Waals surface area (Å²) in [5.74, 6) is 0.906. The molecule has 4 nitrogen and oxygen atoms in total. The molecule has 1 aliphatic carbocycles. The SMILES string of the molecule is CSC1(CNc2nccc3c2ncn3C)CC1. The standard InChI is InChI=1S/C12H16N4S/c1-16-8-15-10-9(16)3-6-13-11(10)14-7-12(17-2)4-5-12/h3,6,8H,4-5,7H2,1-2H3,(H,13,14). The molecule has 2 heterocycles. The van der Waals surface area contributed by atoms with Crippen molar-refractivity contribution in [1.29, 1.82) is 0 Å². The predicted octanol–water partition coefficient (Wildman–Crippen LogP) is 2.28. The van der Waals surface area contributed by atoms with Crippen molar-refractivity contribution in [2.24, 2.45) is 7.05 Å². The minimum atomic E-state index is 0.443. The molecule has 0 amide bonds. The van der Waals surface area contributed by atoms with Gasteiger partial charge < -0.3 is 9.88 Å². The Morgan fingerprint density at radius 3 is 3.00 bits per heavy atom. The molecule has 2 aromatic rings. The molecule has 1 aliphatic rings. The largest absolute Gasteiger partial charge is 0.367 e. The van der Waals surface area contributed by atoms with Crippen LogP contribution in [0.2, 0.25) is 0 Å². The van der Waals surface area contributed by atoms with E-state index in [2.05, 4.69) is 21.5 Å². The van der Waals surface area contributed by atoms with Gasteiger partial charge in [-0.15, -0.1) is 0 Å². The van der Waals surface area contributed by atoms with Crippen LogP contribution in [0.25, 0.3) is 11.0 Å². The summed E-state index contributed by atoms with van der Waals surface area (Å²) in [7, 11) is 2.00. The summed E-state index contributed by atoms with van der Waals surface area (Å²) in [6, 6.07) is 2.00. The number of aryl methyl sites for hydroxylation is 1. The number of nitrogens with one attached hydrogen (secondary N) is 1. The van der Waals surface area contributed by atoms with Crippen molar-refractivity contribution in [3.8, 4) is 0 Å². The van der Waals surface area contributed by atoms with Crippen molar-refractivity contribution in [1.82, 2.24) is 14.5 Å². The second-order valence-electron chi connectivity index (χ2n) is 4.62. The summed E-state index contributed by atoms with van der Waals surface area (Å²) in [4.78, 5) is 8.79. The maximum Gasteiger partial charge on any atom is 0.154 e. The molecule has 0 atom stereocenters. The van der Waals surface area contributed by atoms with Gasteiger partial charge in [-0.05, 0) is 25.2 Å². The highest BCUT2D eigenvalue weighted by Crippen LogP contribution is 2.47. The Hall–Kier alpha value is -1.23. The van der Waals surface area contributed by atoms with Crippen molar-refractivity contribution in [3.63, 3.8) is 0 Å². The van der Waals surface area contributed by atoms with Crippen molar-refractivity contribution in [3.05, 3.63) is 18.6 Å². The Morgan fingerprint density at radius 2 is 2.29 bits per heavy atom. The molecule has 2 aromatic heterocycles. The lowest BCUT2D eigenvalue weighted by molar-refractivity contribution is 0.941. The summed E-state index contributed by atoms with van der Waals surface area (Å²) in [6.45, 7) is 0.983. The highest BCUT2D eigenvalue weighted by molar-refractivity contribution is 8.00. The smallest absolute Gasteiger partial charge is 0.154 e. The van der Waals surface area contributed by atoms with Crippen molar-refractivity contribution in [2.45, 2.75) is 17.6 Å². The molecule has 1 N–H and O–H groups in total. The zero-order valence-corrected chi connectivity index (χ0v) is 10.9. The van der Waals surface area contributed by atoms with E-state index in [-0.39, 0.29) is 0 Å². The van der Waals surface area contributed by atoms with E-state index in [9.17, 15) is 0 Å². The van der Waals surface area contributed by atoms with Crippen LogP contribution in [0, 0.1) is 0 Å². The zero-order chi connectivity index (χ0) is 11.9. The molecule has 0 aliphatic heterocycles. The van der Waals surface area contributed by atoms with Crippen LogP contribution in [0.1, 0.15) is 12.8 Å².